The molecule has 0 saturated carbocycles. The Morgan fingerprint density at radius 2 is 1.48 bits per heavy atom. The van der Waals surface area contributed by atoms with Crippen LogP contribution in [0.2, 0.25) is 0 Å². The molecule has 2 N–H and O–H groups in total. The molecule has 0 aliphatic rings. The van der Waals surface area contributed by atoms with Crippen molar-refractivity contribution in [3.05, 3.63) is 72.3 Å². The SMILES string of the molecule is C/C=C/C=C/C(=O)Nc1cc(OC)c(NC(=O)c2ccccc2)cc1OC. The van der Waals surface area contributed by atoms with E-state index in [2.05, 4.69) is 10.6 Å². The summed E-state index contributed by atoms with van der Waals surface area (Å²) in [5, 5.41) is 5.53. The molecule has 2 aromatic rings. The van der Waals surface area contributed by atoms with Crippen LogP contribution in [0.1, 0.15) is 17.3 Å². The molecule has 6 heteroatoms. The van der Waals surface area contributed by atoms with Crippen molar-refractivity contribution in [2.24, 2.45) is 0 Å². The Morgan fingerprint density at radius 1 is 0.889 bits per heavy atom. The van der Waals surface area contributed by atoms with Gasteiger partial charge in [-0.25, -0.2) is 0 Å². The number of ether oxygens (including phenoxy) is 2. The maximum Gasteiger partial charge on any atom is 0.255 e. The van der Waals surface area contributed by atoms with Crippen molar-refractivity contribution in [2.45, 2.75) is 6.92 Å². The van der Waals surface area contributed by atoms with Gasteiger partial charge in [-0.2, -0.15) is 0 Å². The Labute approximate surface area is 158 Å². The molecule has 0 heterocycles. The van der Waals surface area contributed by atoms with E-state index in [1.807, 2.05) is 19.1 Å². The average molecular weight is 366 g/mol. The molecule has 0 spiro atoms. The number of carbonyl (C=O) groups excluding carboxylic acids is 2. The van der Waals surface area contributed by atoms with Crippen molar-refractivity contribution in [2.75, 3.05) is 24.9 Å². The smallest absolute Gasteiger partial charge is 0.255 e. The maximum atomic E-state index is 12.4. The van der Waals surface area contributed by atoms with Gasteiger partial charge in [-0.3, -0.25) is 9.59 Å². The zero-order chi connectivity index (χ0) is 19.6. The average Bonchev–Trinajstić information content (AvgIpc) is 2.69. The van der Waals surface area contributed by atoms with Gasteiger partial charge in [0.05, 0.1) is 25.6 Å². The summed E-state index contributed by atoms with van der Waals surface area (Å²) < 4.78 is 10.7. The van der Waals surface area contributed by atoms with E-state index in [1.54, 1.807) is 48.6 Å². The molecule has 2 amide bonds. The first-order valence-electron chi connectivity index (χ1n) is 8.31. The molecule has 0 atom stereocenters. The Balaban J connectivity index is 2.27. The third kappa shape index (κ3) is 5.47. The largest absolute Gasteiger partial charge is 0.494 e. The molecule has 2 aromatic carbocycles. The molecule has 0 aliphatic heterocycles. The Kier molecular flexibility index (Phi) is 7.19. The zero-order valence-electron chi connectivity index (χ0n) is 15.5. The molecule has 27 heavy (non-hydrogen) atoms. The predicted molar refractivity (Wildman–Crippen MR) is 107 cm³/mol. The molecule has 0 fully saturated rings. The number of rotatable bonds is 7. The van der Waals surface area contributed by atoms with E-state index in [1.165, 1.54) is 20.3 Å². The van der Waals surface area contributed by atoms with Crippen molar-refractivity contribution in [3.63, 3.8) is 0 Å². The highest BCUT2D eigenvalue weighted by Crippen LogP contribution is 2.36. The monoisotopic (exact) mass is 366 g/mol. The number of amides is 2. The zero-order valence-corrected chi connectivity index (χ0v) is 15.5. The fourth-order valence-electron chi connectivity index (χ4n) is 2.31. The normalized spacial score (nSPS) is 10.8. The van der Waals surface area contributed by atoms with Gasteiger partial charge in [-0.1, -0.05) is 36.4 Å². The molecule has 0 saturated heterocycles. The molecule has 0 bridgehead atoms. The van der Waals surface area contributed by atoms with E-state index in [-0.39, 0.29) is 11.8 Å². The van der Waals surface area contributed by atoms with Crippen molar-refractivity contribution in [1.82, 2.24) is 0 Å². The summed E-state index contributed by atoms with van der Waals surface area (Å²) >= 11 is 0. The molecule has 140 valence electrons. The summed E-state index contributed by atoms with van der Waals surface area (Å²) in [6.07, 6.45) is 6.60. The summed E-state index contributed by atoms with van der Waals surface area (Å²) in [5.74, 6) is 0.205. The maximum absolute atomic E-state index is 12.4. The number of carbonyl (C=O) groups is 2. The van der Waals surface area contributed by atoms with Gasteiger partial charge in [0, 0.05) is 23.8 Å². The van der Waals surface area contributed by atoms with Gasteiger partial charge in [0.2, 0.25) is 5.91 Å². The lowest BCUT2D eigenvalue weighted by Gasteiger charge is -2.15. The fourth-order valence-corrected chi connectivity index (χ4v) is 2.31. The van der Waals surface area contributed by atoms with E-state index >= 15 is 0 Å². The van der Waals surface area contributed by atoms with Crippen LogP contribution in [0.3, 0.4) is 0 Å². The van der Waals surface area contributed by atoms with Crippen LogP contribution in [-0.4, -0.2) is 26.0 Å². The van der Waals surface area contributed by atoms with Gasteiger partial charge >= 0.3 is 0 Å². The van der Waals surface area contributed by atoms with Gasteiger partial charge in [-0.05, 0) is 19.1 Å². The predicted octanol–water partition coefficient (Wildman–Crippen LogP) is 4.03. The van der Waals surface area contributed by atoms with Crippen LogP contribution in [0.25, 0.3) is 0 Å². The van der Waals surface area contributed by atoms with E-state index in [9.17, 15) is 9.59 Å². The highest BCUT2D eigenvalue weighted by molar-refractivity contribution is 6.06. The second-order valence-corrected chi connectivity index (χ2v) is 5.45. The summed E-state index contributed by atoms with van der Waals surface area (Å²) in [6.45, 7) is 1.86. The molecule has 0 aromatic heterocycles. The Morgan fingerprint density at radius 3 is 2.04 bits per heavy atom. The number of nitrogens with one attached hydrogen (secondary N) is 2. The number of hydrogen-bond donors (Lipinski definition) is 2. The molecule has 0 radical (unpaired) electrons. The fraction of sp³-hybridized carbons (Fsp3) is 0.143. The molecular formula is C21H22N2O4. The van der Waals surface area contributed by atoms with Crippen LogP contribution in [0.15, 0.2) is 66.8 Å². The summed E-state index contributed by atoms with van der Waals surface area (Å²) in [6, 6.07) is 12.0. The number of allylic oxidation sites excluding steroid dienone is 3. The molecule has 0 aliphatic carbocycles. The van der Waals surface area contributed by atoms with Crippen molar-refractivity contribution < 1.29 is 19.1 Å². The highest BCUT2D eigenvalue weighted by atomic mass is 16.5. The Bertz CT molecular complexity index is 858. The topological polar surface area (TPSA) is 76.7 Å². The molecule has 0 unspecified atom stereocenters. The highest BCUT2D eigenvalue weighted by Gasteiger charge is 2.15. The van der Waals surface area contributed by atoms with E-state index in [0.717, 1.165) is 0 Å². The molecular weight excluding hydrogens is 344 g/mol. The first-order valence-corrected chi connectivity index (χ1v) is 8.31. The van der Waals surface area contributed by atoms with Crippen molar-refractivity contribution in [1.29, 1.82) is 0 Å². The van der Waals surface area contributed by atoms with Crippen LogP contribution >= 0.6 is 0 Å². The first kappa shape index (κ1) is 19.8. The minimum absolute atomic E-state index is 0.276. The van der Waals surface area contributed by atoms with Crippen molar-refractivity contribution >= 4 is 23.2 Å². The van der Waals surface area contributed by atoms with Crippen molar-refractivity contribution in [3.8, 4) is 11.5 Å². The summed E-state index contributed by atoms with van der Waals surface area (Å²) in [7, 11) is 2.97. The first-order chi connectivity index (χ1) is 13.1. The van der Waals surface area contributed by atoms with E-state index < -0.39 is 0 Å². The Hall–Kier alpha value is -3.54. The second kappa shape index (κ2) is 9.82. The van der Waals surface area contributed by atoms with E-state index in [0.29, 0.717) is 28.4 Å². The van der Waals surface area contributed by atoms with Gasteiger partial charge in [0.1, 0.15) is 11.5 Å². The van der Waals surface area contributed by atoms with E-state index in [4.69, 9.17) is 9.47 Å². The lowest BCUT2D eigenvalue weighted by atomic mass is 10.2. The standard InChI is InChI=1S/C21H22N2O4/c1-4-5-7-12-20(24)22-16-13-19(27-3)17(14-18(16)26-2)23-21(25)15-10-8-6-9-11-15/h4-14H,1-3H3,(H,22,24)(H,23,25)/b5-4+,12-7+. The summed E-state index contributed by atoms with van der Waals surface area (Å²) in [5.41, 5.74) is 1.39. The minimum atomic E-state index is -0.311. The van der Waals surface area contributed by atoms with Crippen LogP contribution in [0.5, 0.6) is 11.5 Å². The van der Waals surface area contributed by atoms with Crippen LogP contribution in [0.4, 0.5) is 11.4 Å². The number of benzene rings is 2. The number of methoxy groups -OCH3 is 2. The lowest BCUT2D eigenvalue weighted by molar-refractivity contribution is -0.111. The quantitative estimate of drug-likeness (QED) is 0.573. The van der Waals surface area contributed by atoms with Gasteiger partial charge in [0.25, 0.3) is 5.91 Å². The minimum Gasteiger partial charge on any atom is -0.494 e. The molecule has 2 rings (SSSR count). The van der Waals surface area contributed by atoms with Gasteiger partial charge in [-0.15, -0.1) is 0 Å². The van der Waals surface area contributed by atoms with Crippen LogP contribution < -0.4 is 20.1 Å². The van der Waals surface area contributed by atoms with Gasteiger partial charge < -0.3 is 20.1 Å². The van der Waals surface area contributed by atoms with Crippen LogP contribution in [0, 0.1) is 0 Å². The number of anilines is 2. The van der Waals surface area contributed by atoms with Gasteiger partial charge in [0.15, 0.2) is 0 Å². The molecule has 6 nitrogen and oxygen atoms in total. The lowest BCUT2D eigenvalue weighted by Crippen LogP contribution is -2.14. The third-order valence-electron chi connectivity index (χ3n) is 3.61. The second-order valence-electron chi connectivity index (χ2n) is 5.45. The number of hydrogen-bond acceptors (Lipinski definition) is 4. The summed E-state index contributed by atoms with van der Waals surface area (Å²) in [4.78, 5) is 24.4. The third-order valence-corrected chi connectivity index (χ3v) is 3.61. The van der Waals surface area contributed by atoms with Crippen LogP contribution in [-0.2, 0) is 4.79 Å².